The monoisotopic (exact) mass is 440 g/mol. The molecule has 0 bridgehead atoms. The Balaban J connectivity index is 2.65. The van der Waals surface area contributed by atoms with Gasteiger partial charge in [-0.3, -0.25) is 0 Å². The molecule has 0 aliphatic carbocycles. The Labute approximate surface area is 168 Å². The zero-order valence-corrected chi connectivity index (χ0v) is 17.6. The summed E-state index contributed by atoms with van der Waals surface area (Å²) in [6, 6.07) is 9.65. The number of halogens is 1. The van der Waals surface area contributed by atoms with Gasteiger partial charge in [0.15, 0.2) is 13.6 Å². The van der Waals surface area contributed by atoms with Crippen molar-refractivity contribution in [1.82, 2.24) is 0 Å². The van der Waals surface area contributed by atoms with Crippen LogP contribution in [0, 0.1) is 0 Å². The summed E-state index contributed by atoms with van der Waals surface area (Å²) in [4.78, 5) is 0. The van der Waals surface area contributed by atoms with Crippen LogP contribution in [-0.4, -0.2) is 48.6 Å². The molecule has 2 rings (SSSR count). The molecule has 0 saturated carbocycles. The first kappa shape index (κ1) is 21.5. The molecule has 0 aromatic heterocycles. The van der Waals surface area contributed by atoms with Gasteiger partial charge < -0.3 is 28.4 Å². The second kappa shape index (κ2) is 11.1. The van der Waals surface area contributed by atoms with Crippen LogP contribution in [0.1, 0.15) is 5.56 Å². The zero-order valence-electron chi connectivity index (χ0n) is 16.0. The van der Waals surface area contributed by atoms with Gasteiger partial charge in [0, 0.05) is 33.0 Å². The van der Waals surface area contributed by atoms with Crippen LogP contribution in [0.3, 0.4) is 0 Å². The zero-order chi connectivity index (χ0) is 19.6. The summed E-state index contributed by atoms with van der Waals surface area (Å²) in [6.45, 7) is 0.795. The summed E-state index contributed by atoms with van der Waals surface area (Å²) in [6.07, 6.45) is 0.664. The molecule has 0 amide bonds. The van der Waals surface area contributed by atoms with Crippen molar-refractivity contribution >= 4 is 15.9 Å². The van der Waals surface area contributed by atoms with Gasteiger partial charge in [0.2, 0.25) is 0 Å². The van der Waals surface area contributed by atoms with Crippen molar-refractivity contribution < 1.29 is 28.4 Å². The van der Waals surface area contributed by atoms with E-state index < -0.39 is 0 Å². The van der Waals surface area contributed by atoms with E-state index >= 15 is 0 Å². The van der Waals surface area contributed by atoms with Gasteiger partial charge in [-0.1, -0.05) is 12.1 Å². The molecule has 7 heteroatoms. The minimum atomic E-state index is 0.117. The molecule has 27 heavy (non-hydrogen) atoms. The van der Waals surface area contributed by atoms with E-state index in [0.717, 1.165) is 26.9 Å². The van der Waals surface area contributed by atoms with Crippen LogP contribution in [0.4, 0.5) is 0 Å². The molecule has 148 valence electrons. The third-order valence-electron chi connectivity index (χ3n) is 3.87. The van der Waals surface area contributed by atoms with E-state index in [1.165, 1.54) is 0 Å². The topological polar surface area (TPSA) is 55.4 Å². The van der Waals surface area contributed by atoms with Crippen molar-refractivity contribution in [1.29, 1.82) is 0 Å². The van der Waals surface area contributed by atoms with Crippen LogP contribution >= 0.6 is 15.9 Å². The van der Waals surface area contributed by atoms with Crippen LogP contribution in [-0.2, 0) is 20.6 Å². The fourth-order valence-corrected chi connectivity index (χ4v) is 3.28. The number of benzene rings is 2. The van der Waals surface area contributed by atoms with Crippen LogP contribution in [0.15, 0.2) is 34.8 Å². The quantitative estimate of drug-likeness (QED) is 0.486. The Morgan fingerprint density at radius 3 is 2.19 bits per heavy atom. The van der Waals surface area contributed by atoms with Crippen molar-refractivity contribution in [2.75, 3.05) is 48.6 Å². The summed E-state index contributed by atoms with van der Waals surface area (Å²) in [5.74, 6) is 2.03. The molecule has 0 aliphatic rings. The fraction of sp³-hybridized carbons (Fsp3) is 0.400. The predicted octanol–water partition coefficient (Wildman–Crippen LogP) is 4.28. The van der Waals surface area contributed by atoms with E-state index in [1.54, 1.807) is 28.4 Å². The number of ether oxygens (including phenoxy) is 6. The molecule has 0 unspecified atom stereocenters. The van der Waals surface area contributed by atoms with E-state index in [0.29, 0.717) is 24.5 Å². The summed E-state index contributed by atoms with van der Waals surface area (Å²) >= 11 is 3.67. The molecule has 2 aromatic carbocycles. The molecule has 0 N–H and O–H groups in total. The van der Waals surface area contributed by atoms with Gasteiger partial charge in [0.05, 0.1) is 18.2 Å². The van der Waals surface area contributed by atoms with Crippen molar-refractivity contribution in [2.45, 2.75) is 6.42 Å². The fourth-order valence-electron chi connectivity index (χ4n) is 2.66. The molecule has 0 saturated heterocycles. The van der Waals surface area contributed by atoms with Gasteiger partial charge >= 0.3 is 0 Å². The molecule has 0 atom stereocenters. The Morgan fingerprint density at radius 1 is 0.852 bits per heavy atom. The third-order valence-corrected chi connectivity index (χ3v) is 4.74. The minimum absolute atomic E-state index is 0.117. The van der Waals surface area contributed by atoms with Crippen molar-refractivity contribution in [3.63, 3.8) is 0 Å². The predicted molar refractivity (Wildman–Crippen MR) is 107 cm³/mol. The second-order valence-corrected chi connectivity index (χ2v) is 6.41. The first-order valence-electron chi connectivity index (χ1n) is 8.38. The number of hydrogen-bond donors (Lipinski definition) is 0. The van der Waals surface area contributed by atoms with Gasteiger partial charge in [-0.05, 0) is 45.6 Å². The highest BCUT2D eigenvalue weighted by molar-refractivity contribution is 9.10. The van der Waals surface area contributed by atoms with Crippen LogP contribution in [0.5, 0.6) is 17.2 Å². The molecule has 0 aliphatic heterocycles. The smallest absolute Gasteiger partial charge is 0.188 e. The number of rotatable bonds is 11. The number of methoxy groups -OCH3 is 4. The van der Waals surface area contributed by atoms with Crippen molar-refractivity contribution in [3.05, 3.63) is 40.4 Å². The highest BCUT2D eigenvalue weighted by atomic mass is 79.9. The maximum absolute atomic E-state index is 5.86. The summed E-state index contributed by atoms with van der Waals surface area (Å²) in [5.41, 5.74) is 2.90. The first-order valence-corrected chi connectivity index (χ1v) is 9.17. The summed E-state index contributed by atoms with van der Waals surface area (Å²) in [7, 11) is 6.47. The summed E-state index contributed by atoms with van der Waals surface area (Å²) < 4.78 is 33.2. The van der Waals surface area contributed by atoms with Gasteiger partial charge in [-0.2, -0.15) is 0 Å². The minimum Gasteiger partial charge on any atom is -0.497 e. The third kappa shape index (κ3) is 5.59. The van der Waals surface area contributed by atoms with Crippen LogP contribution in [0.2, 0.25) is 0 Å². The molecular formula is C20H25BrO6. The lowest BCUT2D eigenvalue weighted by Crippen LogP contribution is -2.07. The van der Waals surface area contributed by atoms with E-state index in [1.807, 2.05) is 30.3 Å². The maximum atomic E-state index is 5.86. The second-order valence-electron chi connectivity index (χ2n) is 5.62. The number of hydrogen-bond acceptors (Lipinski definition) is 6. The van der Waals surface area contributed by atoms with E-state index in [-0.39, 0.29) is 13.6 Å². The van der Waals surface area contributed by atoms with Gasteiger partial charge in [-0.25, -0.2) is 0 Å². The molecular weight excluding hydrogens is 416 g/mol. The SMILES string of the molecule is COCCc1c(Br)c(OCOC)cc(OCOC)c1-c1cccc(OC)c1. The first-order chi connectivity index (χ1) is 13.2. The lowest BCUT2D eigenvalue weighted by atomic mass is 9.96. The van der Waals surface area contributed by atoms with E-state index in [2.05, 4.69) is 15.9 Å². The largest absolute Gasteiger partial charge is 0.497 e. The molecule has 6 nitrogen and oxygen atoms in total. The Kier molecular flexibility index (Phi) is 8.87. The average molecular weight is 441 g/mol. The highest BCUT2D eigenvalue weighted by Gasteiger charge is 2.20. The Hall–Kier alpha value is -1.80. The van der Waals surface area contributed by atoms with Gasteiger partial charge in [-0.15, -0.1) is 0 Å². The van der Waals surface area contributed by atoms with E-state index in [9.17, 15) is 0 Å². The Morgan fingerprint density at radius 2 is 1.56 bits per heavy atom. The summed E-state index contributed by atoms with van der Waals surface area (Å²) in [5, 5.41) is 0. The molecule has 2 aromatic rings. The van der Waals surface area contributed by atoms with Gasteiger partial charge in [0.25, 0.3) is 0 Å². The maximum Gasteiger partial charge on any atom is 0.188 e. The van der Waals surface area contributed by atoms with Crippen LogP contribution in [0.25, 0.3) is 11.1 Å². The lowest BCUT2D eigenvalue weighted by Gasteiger charge is -2.20. The van der Waals surface area contributed by atoms with Crippen molar-refractivity contribution in [2.24, 2.45) is 0 Å². The Bertz CT molecular complexity index is 735. The van der Waals surface area contributed by atoms with Crippen LogP contribution < -0.4 is 14.2 Å². The molecule has 0 fully saturated rings. The van der Waals surface area contributed by atoms with Crippen molar-refractivity contribution in [3.8, 4) is 28.4 Å². The lowest BCUT2D eigenvalue weighted by molar-refractivity contribution is 0.0458. The average Bonchev–Trinajstić information content (AvgIpc) is 2.70. The normalized spacial score (nSPS) is 10.7. The standard InChI is InChI=1S/C20H25BrO6/c1-22-9-8-16-19(14-6-5-7-15(10-14)25-4)17(26-12-23-2)11-18(20(16)21)27-13-24-3/h5-7,10-11H,8-9,12-13H2,1-4H3. The molecule has 0 radical (unpaired) electrons. The highest BCUT2D eigenvalue weighted by Crippen LogP contribution is 2.44. The van der Waals surface area contributed by atoms with Gasteiger partial charge in [0.1, 0.15) is 17.2 Å². The van der Waals surface area contributed by atoms with E-state index in [4.69, 9.17) is 28.4 Å². The molecule has 0 heterocycles. The molecule has 0 spiro atoms.